The number of benzene rings is 1. The predicted octanol–water partition coefficient (Wildman–Crippen LogP) is 1.77. The first-order valence-electron chi connectivity index (χ1n) is 5.65. The number of hydrogen-bond acceptors (Lipinski definition) is 3. The Morgan fingerprint density at radius 2 is 2.12 bits per heavy atom. The van der Waals surface area contributed by atoms with Crippen LogP contribution in [0.3, 0.4) is 0 Å². The smallest absolute Gasteiger partial charge is 0.159 e. The van der Waals surface area contributed by atoms with E-state index in [1.807, 2.05) is 6.92 Å². The fourth-order valence-corrected chi connectivity index (χ4v) is 1.49. The van der Waals surface area contributed by atoms with Crippen molar-refractivity contribution in [2.75, 3.05) is 13.2 Å². The van der Waals surface area contributed by atoms with Gasteiger partial charge in [-0.15, -0.1) is 0 Å². The first-order chi connectivity index (χ1) is 8.17. The van der Waals surface area contributed by atoms with Gasteiger partial charge in [0.15, 0.2) is 11.6 Å². The van der Waals surface area contributed by atoms with Crippen LogP contribution in [0.4, 0.5) is 8.78 Å². The monoisotopic (exact) mass is 244 g/mol. The highest BCUT2D eigenvalue weighted by Gasteiger charge is 2.10. The highest BCUT2D eigenvalue weighted by atomic mass is 19.2. The first-order valence-corrected chi connectivity index (χ1v) is 5.65. The summed E-state index contributed by atoms with van der Waals surface area (Å²) < 4.78 is 31.1. The van der Waals surface area contributed by atoms with Crippen LogP contribution in [0.1, 0.15) is 18.9 Å². The summed E-state index contributed by atoms with van der Waals surface area (Å²) in [5.41, 5.74) is 3.29. The van der Waals surface area contributed by atoms with Crippen molar-refractivity contribution in [3.63, 3.8) is 0 Å². The van der Waals surface area contributed by atoms with Crippen LogP contribution in [-0.4, -0.2) is 19.3 Å². The standard InChI is InChI=1S/C12H18F2N2O/c1-2-5-17-8-10(16-15)6-9-3-4-11(13)12(14)7-9/h3-4,7,10,16H,2,5-6,8,15H2,1H3. The number of hydrazine groups is 1. The van der Waals surface area contributed by atoms with E-state index in [1.165, 1.54) is 6.07 Å². The van der Waals surface area contributed by atoms with E-state index >= 15 is 0 Å². The van der Waals surface area contributed by atoms with Gasteiger partial charge in [-0.3, -0.25) is 11.3 Å². The van der Waals surface area contributed by atoms with Crippen LogP contribution in [0.15, 0.2) is 18.2 Å². The van der Waals surface area contributed by atoms with Crippen molar-refractivity contribution in [1.82, 2.24) is 5.43 Å². The molecule has 1 unspecified atom stereocenters. The van der Waals surface area contributed by atoms with Gasteiger partial charge in [0, 0.05) is 12.6 Å². The molecule has 0 aliphatic rings. The molecule has 3 nitrogen and oxygen atoms in total. The normalized spacial score (nSPS) is 12.7. The van der Waals surface area contributed by atoms with Gasteiger partial charge in [0.25, 0.3) is 0 Å². The molecule has 0 radical (unpaired) electrons. The Morgan fingerprint density at radius 3 is 2.71 bits per heavy atom. The maximum absolute atomic E-state index is 13.0. The Hall–Kier alpha value is -1.04. The van der Waals surface area contributed by atoms with E-state index in [2.05, 4.69) is 5.43 Å². The Balaban J connectivity index is 2.51. The van der Waals surface area contributed by atoms with Crippen molar-refractivity contribution in [2.24, 2.45) is 5.84 Å². The van der Waals surface area contributed by atoms with Crippen molar-refractivity contribution >= 4 is 0 Å². The Morgan fingerprint density at radius 1 is 1.35 bits per heavy atom. The fraction of sp³-hybridized carbons (Fsp3) is 0.500. The van der Waals surface area contributed by atoms with Crippen molar-refractivity contribution in [2.45, 2.75) is 25.8 Å². The lowest BCUT2D eigenvalue weighted by molar-refractivity contribution is 0.112. The molecule has 17 heavy (non-hydrogen) atoms. The molecule has 0 saturated carbocycles. The lowest BCUT2D eigenvalue weighted by Crippen LogP contribution is -2.40. The molecule has 0 fully saturated rings. The predicted molar refractivity (Wildman–Crippen MR) is 62.3 cm³/mol. The number of hydrogen-bond donors (Lipinski definition) is 2. The summed E-state index contributed by atoms with van der Waals surface area (Å²) in [6.07, 6.45) is 1.43. The van der Waals surface area contributed by atoms with Gasteiger partial charge in [0.1, 0.15) is 0 Å². The minimum absolute atomic E-state index is 0.105. The van der Waals surface area contributed by atoms with Crippen molar-refractivity contribution in [3.8, 4) is 0 Å². The number of ether oxygens (including phenoxy) is 1. The van der Waals surface area contributed by atoms with Crippen LogP contribution in [-0.2, 0) is 11.2 Å². The molecule has 0 heterocycles. The summed E-state index contributed by atoms with van der Waals surface area (Å²) in [6.45, 7) is 3.12. The molecule has 0 spiro atoms. The maximum Gasteiger partial charge on any atom is 0.159 e. The Kier molecular flexibility index (Phi) is 6.04. The van der Waals surface area contributed by atoms with Gasteiger partial charge in [-0.05, 0) is 30.5 Å². The van der Waals surface area contributed by atoms with Crippen molar-refractivity contribution < 1.29 is 13.5 Å². The molecule has 1 aromatic rings. The molecule has 3 N–H and O–H groups in total. The summed E-state index contributed by atoms with van der Waals surface area (Å²) in [5, 5.41) is 0. The lowest BCUT2D eigenvalue weighted by atomic mass is 10.1. The summed E-state index contributed by atoms with van der Waals surface area (Å²) in [7, 11) is 0. The number of rotatable bonds is 7. The van der Waals surface area contributed by atoms with Crippen LogP contribution >= 0.6 is 0 Å². The Labute approximate surface area is 99.9 Å². The molecule has 0 saturated heterocycles. The van der Waals surface area contributed by atoms with Gasteiger partial charge in [0.2, 0.25) is 0 Å². The third-order valence-corrected chi connectivity index (χ3v) is 2.37. The largest absolute Gasteiger partial charge is 0.380 e. The van der Waals surface area contributed by atoms with Gasteiger partial charge in [-0.1, -0.05) is 13.0 Å². The average Bonchev–Trinajstić information content (AvgIpc) is 2.32. The summed E-state index contributed by atoms with van der Waals surface area (Å²) in [4.78, 5) is 0. The minimum Gasteiger partial charge on any atom is -0.380 e. The highest BCUT2D eigenvalue weighted by molar-refractivity contribution is 5.18. The number of nitrogens with one attached hydrogen (secondary N) is 1. The molecule has 0 bridgehead atoms. The van der Waals surface area contributed by atoms with E-state index in [4.69, 9.17) is 10.6 Å². The zero-order valence-electron chi connectivity index (χ0n) is 9.88. The van der Waals surface area contributed by atoms with Crippen LogP contribution in [0.25, 0.3) is 0 Å². The van der Waals surface area contributed by atoms with Gasteiger partial charge < -0.3 is 4.74 Å². The van der Waals surface area contributed by atoms with E-state index in [0.29, 0.717) is 25.2 Å². The molecule has 0 aromatic heterocycles. The Bertz CT molecular complexity index is 347. The lowest BCUT2D eigenvalue weighted by Gasteiger charge is -2.16. The molecule has 0 amide bonds. The third-order valence-electron chi connectivity index (χ3n) is 2.37. The van der Waals surface area contributed by atoms with E-state index in [1.54, 1.807) is 6.07 Å². The second kappa shape index (κ2) is 7.32. The maximum atomic E-state index is 13.0. The van der Waals surface area contributed by atoms with Crippen LogP contribution in [0.5, 0.6) is 0 Å². The molecule has 96 valence electrons. The third kappa shape index (κ3) is 4.77. The molecule has 0 aliphatic heterocycles. The number of nitrogens with two attached hydrogens (primary N) is 1. The fourth-order valence-electron chi connectivity index (χ4n) is 1.49. The summed E-state index contributed by atoms with van der Waals surface area (Å²) in [6, 6.07) is 3.74. The quantitative estimate of drug-likeness (QED) is 0.436. The van der Waals surface area contributed by atoms with E-state index in [0.717, 1.165) is 12.5 Å². The van der Waals surface area contributed by atoms with E-state index < -0.39 is 11.6 Å². The molecular weight excluding hydrogens is 226 g/mol. The number of halogens is 2. The molecule has 5 heteroatoms. The molecule has 1 rings (SSSR count). The second-order valence-corrected chi connectivity index (χ2v) is 3.89. The molecular formula is C12H18F2N2O. The van der Waals surface area contributed by atoms with E-state index in [9.17, 15) is 8.78 Å². The van der Waals surface area contributed by atoms with Crippen LogP contribution in [0, 0.1) is 11.6 Å². The van der Waals surface area contributed by atoms with Crippen molar-refractivity contribution in [1.29, 1.82) is 0 Å². The minimum atomic E-state index is -0.840. The van der Waals surface area contributed by atoms with Gasteiger partial charge in [-0.2, -0.15) is 0 Å². The van der Waals surface area contributed by atoms with Gasteiger partial charge in [-0.25, -0.2) is 8.78 Å². The average molecular weight is 244 g/mol. The highest BCUT2D eigenvalue weighted by Crippen LogP contribution is 2.10. The second-order valence-electron chi connectivity index (χ2n) is 3.89. The van der Waals surface area contributed by atoms with Crippen molar-refractivity contribution in [3.05, 3.63) is 35.4 Å². The zero-order chi connectivity index (χ0) is 12.7. The van der Waals surface area contributed by atoms with Crippen LogP contribution < -0.4 is 11.3 Å². The van der Waals surface area contributed by atoms with Gasteiger partial charge in [0.05, 0.1) is 6.61 Å². The SMILES string of the molecule is CCCOCC(Cc1ccc(F)c(F)c1)NN. The molecule has 1 aromatic carbocycles. The molecule has 1 atom stereocenters. The van der Waals surface area contributed by atoms with Gasteiger partial charge >= 0.3 is 0 Å². The molecule has 0 aliphatic carbocycles. The van der Waals surface area contributed by atoms with E-state index in [-0.39, 0.29) is 6.04 Å². The topological polar surface area (TPSA) is 47.3 Å². The summed E-state index contributed by atoms with van der Waals surface area (Å²) >= 11 is 0. The summed E-state index contributed by atoms with van der Waals surface area (Å²) in [5.74, 6) is 3.69. The zero-order valence-corrected chi connectivity index (χ0v) is 9.88. The first kappa shape index (κ1) is 14.0. The van der Waals surface area contributed by atoms with Crippen LogP contribution in [0.2, 0.25) is 0 Å².